The predicted molar refractivity (Wildman–Crippen MR) is 106 cm³/mol. The van der Waals surface area contributed by atoms with E-state index < -0.39 is 0 Å². The van der Waals surface area contributed by atoms with E-state index in [0.717, 1.165) is 37.4 Å². The summed E-state index contributed by atoms with van der Waals surface area (Å²) in [5.41, 5.74) is 3.58. The molecule has 0 radical (unpaired) electrons. The fourth-order valence-electron chi connectivity index (χ4n) is 3.37. The van der Waals surface area contributed by atoms with Crippen LogP contribution in [0.3, 0.4) is 0 Å². The Morgan fingerprint density at radius 2 is 1.79 bits per heavy atom. The molecule has 3 aromatic rings. The van der Waals surface area contributed by atoms with Gasteiger partial charge in [0.25, 0.3) is 0 Å². The highest BCUT2D eigenvalue weighted by atomic mass is 16.6. The van der Waals surface area contributed by atoms with E-state index in [1.165, 1.54) is 0 Å². The predicted octanol–water partition coefficient (Wildman–Crippen LogP) is 2.19. The molecule has 144 valence electrons. The summed E-state index contributed by atoms with van der Waals surface area (Å²) in [6.45, 7) is 5.12. The summed E-state index contributed by atoms with van der Waals surface area (Å²) in [5.74, 6) is -0.0192. The molecular weight excluding hydrogens is 358 g/mol. The Morgan fingerprint density at radius 1 is 1.04 bits per heavy atom. The van der Waals surface area contributed by atoms with Crippen LogP contribution in [-0.4, -0.2) is 59.6 Å². The number of nitrogens with zero attached hydrogens (tertiary/aromatic N) is 4. The standard InChI is InChI=1S/C20H21N5O3/c1-14(26)15-5-7-16(8-6-15)25-11-9-24(10-12-25)13-19(27)21-17-3-2-4-18-20(17)23-28-22-18/h2-8H,9-13H2,1H3,(H,21,27). The van der Waals surface area contributed by atoms with Gasteiger partial charge in [-0.15, -0.1) is 0 Å². The number of carbonyl (C=O) groups excluding carboxylic acids is 2. The third kappa shape index (κ3) is 3.86. The number of ketones is 1. The van der Waals surface area contributed by atoms with E-state index in [2.05, 4.69) is 25.4 Å². The summed E-state index contributed by atoms with van der Waals surface area (Å²) in [6, 6.07) is 13.0. The molecule has 2 heterocycles. The molecule has 8 heteroatoms. The van der Waals surface area contributed by atoms with Crippen LogP contribution in [0.4, 0.5) is 11.4 Å². The minimum Gasteiger partial charge on any atom is -0.369 e. The number of carbonyl (C=O) groups is 2. The molecule has 0 atom stereocenters. The maximum Gasteiger partial charge on any atom is 0.238 e. The third-order valence-electron chi connectivity index (χ3n) is 4.94. The van der Waals surface area contributed by atoms with Crippen molar-refractivity contribution in [2.24, 2.45) is 0 Å². The van der Waals surface area contributed by atoms with Crippen LogP contribution >= 0.6 is 0 Å². The van der Waals surface area contributed by atoms with Gasteiger partial charge in [0.2, 0.25) is 5.91 Å². The minimum absolute atomic E-state index is 0.0690. The number of Topliss-reactive ketones (excluding diaryl/α,β-unsaturated/α-hetero) is 1. The Morgan fingerprint density at radius 3 is 2.50 bits per heavy atom. The number of rotatable bonds is 5. The van der Waals surface area contributed by atoms with Crippen molar-refractivity contribution < 1.29 is 14.2 Å². The minimum atomic E-state index is -0.0882. The van der Waals surface area contributed by atoms with Crippen molar-refractivity contribution in [2.45, 2.75) is 6.92 Å². The van der Waals surface area contributed by atoms with E-state index in [9.17, 15) is 9.59 Å². The first-order valence-electron chi connectivity index (χ1n) is 9.19. The molecule has 0 spiro atoms. The number of hydrogen-bond donors (Lipinski definition) is 1. The van der Waals surface area contributed by atoms with Crippen LogP contribution in [0.25, 0.3) is 11.0 Å². The number of piperazine rings is 1. The number of anilines is 2. The Kier molecular flexibility index (Phi) is 5.03. The zero-order valence-corrected chi connectivity index (χ0v) is 15.6. The van der Waals surface area contributed by atoms with Crippen LogP contribution in [0.2, 0.25) is 0 Å². The second-order valence-electron chi connectivity index (χ2n) is 6.85. The lowest BCUT2D eigenvalue weighted by Gasteiger charge is -2.35. The first-order chi connectivity index (χ1) is 13.6. The molecule has 1 fully saturated rings. The molecule has 0 bridgehead atoms. The molecule has 2 aromatic carbocycles. The Balaban J connectivity index is 1.31. The van der Waals surface area contributed by atoms with Crippen molar-refractivity contribution >= 4 is 34.1 Å². The van der Waals surface area contributed by atoms with Gasteiger partial charge in [-0.1, -0.05) is 6.07 Å². The number of aromatic nitrogens is 2. The quantitative estimate of drug-likeness (QED) is 0.680. The van der Waals surface area contributed by atoms with Gasteiger partial charge in [0, 0.05) is 37.4 Å². The van der Waals surface area contributed by atoms with Gasteiger partial charge < -0.3 is 10.2 Å². The number of fused-ring (bicyclic) bond motifs is 1. The van der Waals surface area contributed by atoms with Crippen LogP contribution in [0.15, 0.2) is 47.1 Å². The fraction of sp³-hybridized carbons (Fsp3) is 0.300. The molecule has 1 amide bonds. The summed E-state index contributed by atoms with van der Waals surface area (Å²) < 4.78 is 4.73. The third-order valence-corrected chi connectivity index (χ3v) is 4.94. The fourth-order valence-corrected chi connectivity index (χ4v) is 3.37. The van der Waals surface area contributed by atoms with E-state index >= 15 is 0 Å². The molecule has 0 saturated carbocycles. The van der Waals surface area contributed by atoms with Gasteiger partial charge in [0.1, 0.15) is 5.52 Å². The molecule has 1 N–H and O–H groups in total. The molecule has 1 aromatic heterocycles. The van der Waals surface area contributed by atoms with Crippen LogP contribution in [0.5, 0.6) is 0 Å². The SMILES string of the molecule is CC(=O)c1ccc(N2CCN(CC(=O)Nc3cccc4nonc34)CC2)cc1. The molecule has 8 nitrogen and oxygen atoms in total. The lowest BCUT2D eigenvalue weighted by Crippen LogP contribution is -2.48. The van der Waals surface area contributed by atoms with Crippen molar-refractivity contribution in [3.63, 3.8) is 0 Å². The average molecular weight is 379 g/mol. The second-order valence-corrected chi connectivity index (χ2v) is 6.85. The Bertz CT molecular complexity index is 991. The van der Waals surface area contributed by atoms with Crippen LogP contribution in [-0.2, 0) is 4.79 Å². The topological polar surface area (TPSA) is 91.6 Å². The molecule has 1 saturated heterocycles. The zero-order chi connectivity index (χ0) is 19.5. The van der Waals surface area contributed by atoms with Gasteiger partial charge >= 0.3 is 0 Å². The van der Waals surface area contributed by atoms with E-state index in [0.29, 0.717) is 23.3 Å². The Labute approximate surface area is 162 Å². The monoisotopic (exact) mass is 379 g/mol. The van der Waals surface area contributed by atoms with E-state index in [1.54, 1.807) is 25.1 Å². The lowest BCUT2D eigenvalue weighted by atomic mass is 10.1. The number of nitrogens with one attached hydrogen (secondary N) is 1. The Hall–Kier alpha value is -3.26. The molecule has 28 heavy (non-hydrogen) atoms. The highest BCUT2D eigenvalue weighted by Gasteiger charge is 2.20. The summed E-state index contributed by atoms with van der Waals surface area (Å²) in [4.78, 5) is 28.2. The normalized spacial score (nSPS) is 15.0. The molecule has 0 unspecified atom stereocenters. The molecule has 1 aliphatic rings. The van der Waals surface area contributed by atoms with E-state index in [-0.39, 0.29) is 11.7 Å². The van der Waals surface area contributed by atoms with Crippen LogP contribution < -0.4 is 10.2 Å². The highest BCUT2D eigenvalue weighted by molar-refractivity contribution is 5.99. The first-order valence-corrected chi connectivity index (χ1v) is 9.19. The van der Waals surface area contributed by atoms with Gasteiger partial charge in [-0.25, -0.2) is 4.63 Å². The number of amides is 1. The first kappa shape index (κ1) is 18.1. The van der Waals surface area contributed by atoms with Crippen LogP contribution in [0, 0.1) is 0 Å². The molecule has 4 rings (SSSR count). The smallest absolute Gasteiger partial charge is 0.238 e. The summed E-state index contributed by atoms with van der Waals surface area (Å²) in [6.07, 6.45) is 0. The lowest BCUT2D eigenvalue weighted by molar-refractivity contribution is -0.117. The number of hydrogen-bond acceptors (Lipinski definition) is 7. The maximum absolute atomic E-state index is 12.4. The van der Waals surface area contributed by atoms with Gasteiger partial charge in [0.15, 0.2) is 11.3 Å². The van der Waals surface area contributed by atoms with E-state index in [4.69, 9.17) is 4.63 Å². The number of benzene rings is 2. The molecule has 1 aliphatic heterocycles. The van der Waals surface area contributed by atoms with Crippen molar-refractivity contribution in [1.29, 1.82) is 0 Å². The summed E-state index contributed by atoms with van der Waals surface area (Å²) >= 11 is 0. The van der Waals surface area contributed by atoms with Gasteiger partial charge in [-0.05, 0) is 53.6 Å². The highest BCUT2D eigenvalue weighted by Crippen LogP contribution is 2.20. The van der Waals surface area contributed by atoms with Gasteiger partial charge in [-0.2, -0.15) is 0 Å². The van der Waals surface area contributed by atoms with Crippen molar-refractivity contribution in [3.05, 3.63) is 48.0 Å². The zero-order valence-electron chi connectivity index (χ0n) is 15.6. The average Bonchev–Trinajstić information content (AvgIpc) is 3.18. The van der Waals surface area contributed by atoms with E-state index in [1.807, 2.05) is 24.3 Å². The van der Waals surface area contributed by atoms with Crippen LogP contribution in [0.1, 0.15) is 17.3 Å². The molecular formula is C20H21N5O3. The van der Waals surface area contributed by atoms with Gasteiger partial charge in [-0.3, -0.25) is 14.5 Å². The molecule has 0 aliphatic carbocycles. The maximum atomic E-state index is 12.4. The summed E-state index contributed by atoms with van der Waals surface area (Å²) in [7, 11) is 0. The van der Waals surface area contributed by atoms with Crippen molar-refractivity contribution in [1.82, 2.24) is 15.2 Å². The van der Waals surface area contributed by atoms with Crippen molar-refractivity contribution in [3.8, 4) is 0 Å². The summed E-state index contributed by atoms with van der Waals surface area (Å²) in [5, 5.41) is 10.5. The second kappa shape index (κ2) is 7.77. The van der Waals surface area contributed by atoms with Crippen molar-refractivity contribution in [2.75, 3.05) is 42.9 Å². The van der Waals surface area contributed by atoms with Gasteiger partial charge in [0.05, 0.1) is 12.2 Å². The largest absolute Gasteiger partial charge is 0.369 e.